The molecule has 1 aliphatic heterocycles. The Hall–Kier alpha value is -0.770. The Bertz CT molecular complexity index is 318. The van der Waals surface area contributed by atoms with E-state index in [1.807, 2.05) is 20.8 Å². The molecule has 1 saturated heterocycles. The molecule has 2 aliphatic rings. The van der Waals surface area contributed by atoms with Crippen LogP contribution in [-0.2, 0) is 4.74 Å². The summed E-state index contributed by atoms with van der Waals surface area (Å²) in [6.07, 6.45) is 6.14. The quantitative estimate of drug-likeness (QED) is 0.838. The van der Waals surface area contributed by atoms with Crippen LogP contribution in [0.5, 0.6) is 0 Å². The van der Waals surface area contributed by atoms with E-state index in [-0.39, 0.29) is 18.2 Å². The van der Waals surface area contributed by atoms with E-state index in [2.05, 4.69) is 0 Å². The van der Waals surface area contributed by atoms with Gasteiger partial charge in [-0.1, -0.05) is 19.3 Å². The number of aliphatic hydroxyl groups is 1. The lowest BCUT2D eigenvalue weighted by Gasteiger charge is -2.46. The van der Waals surface area contributed by atoms with Crippen molar-refractivity contribution in [3.05, 3.63) is 0 Å². The topological polar surface area (TPSA) is 49.8 Å². The van der Waals surface area contributed by atoms with Gasteiger partial charge in [-0.15, -0.1) is 0 Å². The summed E-state index contributed by atoms with van der Waals surface area (Å²) in [5.41, 5.74) is -0.465. The van der Waals surface area contributed by atoms with Crippen LogP contribution in [0, 0.1) is 5.92 Å². The molecule has 4 nitrogen and oxygen atoms in total. The third-order valence-electron chi connectivity index (χ3n) is 4.22. The summed E-state index contributed by atoms with van der Waals surface area (Å²) >= 11 is 0. The van der Waals surface area contributed by atoms with E-state index in [9.17, 15) is 9.90 Å². The maximum Gasteiger partial charge on any atom is 0.410 e. The maximum atomic E-state index is 12.0. The van der Waals surface area contributed by atoms with Crippen molar-refractivity contribution in [1.82, 2.24) is 4.90 Å². The van der Waals surface area contributed by atoms with Gasteiger partial charge in [0.1, 0.15) is 5.60 Å². The molecule has 2 rings (SSSR count). The average molecular weight is 269 g/mol. The number of likely N-dealkylation sites (tertiary alicyclic amines) is 1. The van der Waals surface area contributed by atoms with E-state index in [4.69, 9.17) is 4.74 Å². The molecule has 110 valence electrons. The molecule has 4 heteroatoms. The summed E-state index contributed by atoms with van der Waals surface area (Å²) in [6, 6.07) is -0.0297. The SMILES string of the molecule is CC(C)(C)OC(=O)N1CCC1C(O)C1CCCCC1. The van der Waals surface area contributed by atoms with Gasteiger partial charge in [-0.2, -0.15) is 0 Å². The molecule has 1 aliphatic carbocycles. The van der Waals surface area contributed by atoms with E-state index in [1.54, 1.807) is 4.90 Å². The molecule has 0 bridgehead atoms. The highest BCUT2D eigenvalue weighted by Crippen LogP contribution is 2.33. The average Bonchev–Trinajstić information content (AvgIpc) is 2.26. The lowest BCUT2D eigenvalue weighted by atomic mass is 9.80. The van der Waals surface area contributed by atoms with Crippen LogP contribution < -0.4 is 0 Å². The van der Waals surface area contributed by atoms with Crippen molar-refractivity contribution >= 4 is 6.09 Å². The highest BCUT2D eigenvalue weighted by Gasteiger charge is 2.42. The van der Waals surface area contributed by atoms with Gasteiger partial charge < -0.3 is 14.7 Å². The number of carbonyl (C=O) groups excluding carboxylic acids is 1. The van der Waals surface area contributed by atoms with Crippen molar-refractivity contribution in [3.8, 4) is 0 Å². The van der Waals surface area contributed by atoms with Crippen LogP contribution in [0.1, 0.15) is 59.3 Å². The molecule has 19 heavy (non-hydrogen) atoms. The standard InChI is InChI=1S/C15H27NO3/c1-15(2,3)19-14(18)16-10-9-12(16)13(17)11-7-5-4-6-8-11/h11-13,17H,4-10H2,1-3H3. The van der Waals surface area contributed by atoms with E-state index in [0.29, 0.717) is 12.5 Å². The first-order valence-electron chi connectivity index (χ1n) is 7.56. The van der Waals surface area contributed by atoms with Crippen LogP contribution in [0.15, 0.2) is 0 Å². The zero-order chi connectivity index (χ0) is 14.0. The van der Waals surface area contributed by atoms with Gasteiger partial charge in [0.25, 0.3) is 0 Å². The minimum absolute atomic E-state index is 0.0297. The molecule has 1 amide bonds. The maximum absolute atomic E-state index is 12.0. The van der Waals surface area contributed by atoms with Crippen molar-refractivity contribution in [3.63, 3.8) is 0 Å². The summed E-state index contributed by atoms with van der Waals surface area (Å²) in [4.78, 5) is 13.7. The highest BCUT2D eigenvalue weighted by molar-refractivity contribution is 5.69. The van der Waals surface area contributed by atoms with Crippen molar-refractivity contribution in [2.75, 3.05) is 6.54 Å². The predicted octanol–water partition coefficient (Wildman–Crippen LogP) is 2.94. The number of nitrogens with zero attached hydrogens (tertiary/aromatic N) is 1. The lowest BCUT2D eigenvalue weighted by Crippen LogP contribution is -2.59. The van der Waals surface area contributed by atoms with E-state index in [0.717, 1.165) is 19.3 Å². The normalized spacial score (nSPS) is 26.7. The van der Waals surface area contributed by atoms with Crippen LogP contribution in [0.4, 0.5) is 4.79 Å². The number of carbonyl (C=O) groups is 1. The fraction of sp³-hybridized carbons (Fsp3) is 0.933. The monoisotopic (exact) mass is 269 g/mol. The first kappa shape index (κ1) is 14.6. The van der Waals surface area contributed by atoms with Crippen molar-refractivity contribution in [2.24, 2.45) is 5.92 Å². The van der Waals surface area contributed by atoms with Crippen LogP contribution in [-0.4, -0.2) is 40.4 Å². The zero-order valence-electron chi connectivity index (χ0n) is 12.4. The minimum atomic E-state index is -0.465. The largest absolute Gasteiger partial charge is 0.444 e. The molecule has 2 fully saturated rings. The van der Waals surface area contributed by atoms with Gasteiger partial charge in [0.15, 0.2) is 0 Å². The first-order valence-corrected chi connectivity index (χ1v) is 7.56. The van der Waals surface area contributed by atoms with Crippen LogP contribution >= 0.6 is 0 Å². The number of ether oxygens (including phenoxy) is 1. The number of aliphatic hydroxyl groups excluding tert-OH is 1. The van der Waals surface area contributed by atoms with Gasteiger partial charge in [-0.3, -0.25) is 0 Å². The Morgan fingerprint density at radius 1 is 1.21 bits per heavy atom. The molecular weight excluding hydrogens is 242 g/mol. The Kier molecular flexibility index (Phi) is 4.39. The van der Waals surface area contributed by atoms with Crippen LogP contribution in [0.3, 0.4) is 0 Å². The molecule has 0 radical (unpaired) electrons. The number of hydrogen-bond donors (Lipinski definition) is 1. The lowest BCUT2D eigenvalue weighted by molar-refractivity contribution is -0.0609. The van der Waals surface area contributed by atoms with E-state index >= 15 is 0 Å². The van der Waals surface area contributed by atoms with E-state index < -0.39 is 5.60 Å². The Morgan fingerprint density at radius 3 is 2.32 bits per heavy atom. The number of rotatable bonds is 2. The van der Waals surface area contributed by atoms with Gasteiger partial charge in [0.05, 0.1) is 12.1 Å². The second-order valence-corrected chi connectivity index (χ2v) is 6.92. The Balaban J connectivity index is 1.88. The second kappa shape index (κ2) is 5.70. The Labute approximate surface area is 116 Å². The summed E-state index contributed by atoms with van der Waals surface area (Å²) < 4.78 is 5.39. The van der Waals surface area contributed by atoms with Crippen LogP contribution in [0.25, 0.3) is 0 Å². The first-order chi connectivity index (χ1) is 8.88. The van der Waals surface area contributed by atoms with Gasteiger partial charge >= 0.3 is 6.09 Å². The molecular formula is C15H27NO3. The van der Waals surface area contributed by atoms with Gasteiger partial charge in [0, 0.05) is 6.54 Å². The summed E-state index contributed by atoms with van der Waals surface area (Å²) in [5, 5.41) is 10.5. The number of hydrogen-bond acceptors (Lipinski definition) is 3. The van der Waals surface area contributed by atoms with Crippen molar-refractivity contribution in [2.45, 2.75) is 77.0 Å². The van der Waals surface area contributed by atoms with Crippen molar-refractivity contribution < 1.29 is 14.6 Å². The van der Waals surface area contributed by atoms with Gasteiger partial charge in [-0.25, -0.2) is 4.79 Å². The molecule has 0 aromatic heterocycles. The molecule has 0 spiro atoms. The molecule has 2 unspecified atom stereocenters. The third kappa shape index (κ3) is 3.62. The summed E-state index contributed by atoms with van der Waals surface area (Å²) in [7, 11) is 0. The summed E-state index contributed by atoms with van der Waals surface area (Å²) in [6.45, 7) is 6.33. The van der Waals surface area contributed by atoms with Gasteiger partial charge in [0.2, 0.25) is 0 Å². The molecule has 1 saturated carbocycles. The molecule has 0 aromatic rings. The zero-order valence-corrected chi connectivity index (χ0v) is 12.4. The fourth-order valence-corrected chi connectivity index (χ4v) is 3.10. The third-order valence-corrected chi connectivity index (χ3v) is 4.22. The fourth-order valence-electron chi connectivity index (χ4n) is 3.10. The van der Waals surface area contributed by atoms with Gasteiger partial charge in [-0.05, 0) is 46.0 Å². The minimum Gasteiger partial charge on any atom is -0.444 e. The summed E-state index contributed by atoms with van der Waals surface area (Å²) in [5.74, 6) is 0.365. The van der Waals surface area contributed by atoms with Crippen LogP contribution in [0.2, 0.25) is 0 Å². The smallest absolute Gasteiger partial charge is 0.410 e. The molecule has 2 atom stereocenters. The van der Waals surface area contributed by atoms with E-state index in [1.165, 1.54) is 19.3 Å². The Morgan fingerprint density at radius 2 is 1.84 bits per heavy atom. The molecule has 0 aromatic carbocycles. The second-order valence-electron chi connectivity index (χ2n) is 6.92. The number of amides is 1. The highest BCUT2D eigenvalue weighted by atomic mass is 16.6. The molecule has 1 heterocycles. The van der Waals surface area contributed by atoms with Crippen molar-refractivity contribution in [1.29, 1.82) is 0 Å². The predicted molar refractivity (Wildman–Crippen MR) is 73.9 cm³/mol. The molecule has 1 N–H and O–H groups in total.